The number of hydrogen-bond donors (Lipinski definition) is 0. The van der Waals surface area contributed by atoms with Gasteiger partial charge in [-0.25, -0.2) is 4.39 Å². The highest BCUT2D eigenvalue weighted by Crippen LogP contribution is 2.36. The Balaban J connectivity index is 1.48. The summed E-state index contributed by atoms with van der Waals surface area (Å²) in [6.45, 7) is 2.75. The van der Waals surface area contributed by atoms with E-state index in [1.807, 2.05) is 24.3 Å². The minimum Gasteiger partial charge on any atom is -0.373 e. The standard InChI is InChI=1S/C22H25ClFNO2/c1-27-22(18-6-8-19(23)9-7-18)12-15-25(16-13-22)14-2-3-21(26)17-4-10-20(24)11-5-17/h4-11H,2-3,12-16H2,1H3. The van der Waals surface area contributed by atoms with E-state index in [2.05, 4.69) is 4.90 Å². The Morgan fingerprint density at radius 3 is 2.33 bits per heavy atom. The van der Waals surface area contributed by atoms with Gasteiger partial charge in [-0.2, -0.15) is 0 Å². The minimum absolute atomic E-state index is 0.0689. The Morgan fingerprint density at radius 2 is 1.74 bits per heavy atom. The highest BCUT2D eigenvalue weighted by atomic mass is 35.5. The fourth-order valence-corrected chi connectivity index (χ4v) is 3.87. The third kappa shape index (κ3) is 4.95. The van der Waals surface area contributed by atoms with Gasteiger partial charge in [0.15, 0.2) is 5.78 Å². The molecule has 1 fully saturated rings. The quantitative estimate of drug-likeness (QED) is 0.618. The van der Waals surface area contributed by atoms with E-state index in [4.69, 9.17) is 16.3 Å². The lowest BCUT2D eigenvalue weighted by Gasteiger charge is -2.41. The van der Waals surface area contributed by atoms with Crippen LogP contribution in [0.25, 0.3) is 0 Å². The van der Waals surface area contributed by atoms with Gasteiger partial charge in [-0.1, -0.05) is 23.7 Å². The number of carbonyl (C=O) groups excluding carboxylic acids is 1. The second kappa shape index (κ2) is 8.96. The number of ketones is 1. The fourth-order valence-electron chi connectivity index (χ4n) is 3.75. The van der Waals surface area contributed by atoms with Gasteiger partial charge in [-0.05, 0) is 67.8 Å². The van der Waals surface area contributed by atoms with Gasteiger partial charge in [-0.15, -0.1) is 0 Å². The van der Waals surface area contributed by atoms with E-state index in [9.17, 15) is 9.18 Å². The number of piperidine rings is 1. The van der Waals surface area contributed by atoms with Crippen molar-refractivity contribution in [2.75, 3.05) is 26.7 Å². The maximum Gasteiger partial charge on any atom is 0.162 e. The summed E-state index contributed by atoms with van der Waals surface area (Å²) in [7, 11) is 1.77. The molecule has 1 aliphatic heterocycles. The Morgan fingerprint density at radius 1 is 1.11 bits per heavy atom. The molecular formula is C22H25ClFNO2. The summed E-state index contributed by atoms with van der Waals surface area (Å²) in [6.07, 6.45) is 3.11. The normalized spacial score (nSPS) is 17.0. The molecule has 3 rings (SSSR count). The summed E-state index contributed by atoms with van der Waals surface area (Å²) in [4.78, 5) is 14.6. The largest absolute Gasteiger partial charge is 0.373 e. The van der Waals surface area contributed by atoms with Crippen LogP contribution in [-0.2, 0) is 10.3 Å². The summed E-state index contributed by atoms with van der Waals surface area (Å²) < 4.78 is 18.9. The molecule has 0 radical (unpaired) electrons. The van der Waals surface area contributed by atoms with Crippen LogP contribution >= 0.6 is 11.6 Å². The molecule has 0 aromatic heterocycles. The highest BCUT2D eigenvalue weighted by Gasteiger charge is 2.36. The van der Waals surface area contributed by atoms with E-state index in [0.717, 1.165) is 43.9 Å². The first-order chi connectivity index (χ1) is 13.0. The van der Waals surface area contributed by atoms with Crippen LogP contribution in [0, 0.1) is 5.82 Å². The Bertz CT molecular complexity index is 753. The van der Waals surface area contributed by atoms with Gasteiger partial charge in [0.25, 0.3) is 0 Å². The number of methoxy groups -OCH3 is 1. The third-order valence-corrected chi connectivity index (χ3v) is 5.72. The van der Waals surface area contributed by atoms with Crippen molar-refractivity contribution < 1.29 is 13.9 Å². The second-order valence-corrected chi connectivity index (χ2v) is 7.52. The van der Waals surface area contributed by atoms with Crippen molar-refractivity contribution >= 4 is 17.4 Å². The minimum atomic E-state index is -0.317. The van der Waals surface area contributed by atoms with E-state index >= 15 is 0 Å². The number of Topliss-reactive ketones (excluding diaryl/α,β-unsaturated/α-hetero) is 1. The van der Waals surface area contributed by atoms with Crippen LogP contribution in [0.15, 0.2) is 48.5 Å². The van der Waals surface area contributed by atoms with Crippen LogP contribution < -0.4 is 0 Å². The average molecular weight is 390 g/mol. The van der Waals surface area contributed by atoms with Gasteiger partial charge in [0.2, 0.25) is 0 Å². The van der Waals surface area contributed by atoms with E-state index in [1.54, 1.807) is 19.2 Å². The van der Waals surface area contributed by atoms with Crippen LogP contribution in [0.3, 0.4) is 0 Å². The maximum absolute atomic E-state index is 12.9. The predicted molar refractivity (Wildman–Crippen MR) is 106 cm³/mol. The van der Waals surface area contributed by atoms with Gasteiger partial charge >= 0.3 is 0 Å². The van der Waals surface area contributed by atoms with E-state index in [-0.39, 0.29) is 17.2 Å². The summed E-state index contributed by atoms with van der Waals surface area (Å²) >= 11 is 6.00. The van der Waals surface area contributed by atoms with Crippen LogP contribution in [0.4, 0.5) is 4.39 Å². The first kappa shape index (κ1) is 20.0. The van der Waals surface area contributed by atoms with Crippen LogP contribution in [0.2, 0.25) is 5.02 Å². The molecule has 0 bridgehead atoms. The van der Waals surface area contributed by atoms with Crippen molar-refractivity contribution in [3.05, 3.63) is 70.5 Å². The molecule has 0 atom stereocenters. The van der Waals surface area contributed by atoms with Crippen LogP contribution in [0.1, 0.15) is 41.6 Å². The average Bonchev–Trinajstić information content (AvgIpc) is 2.70. The molecule has 5 heteroatoms. The summed E-state index contributed by atoms with van der Waals surface area (Å²) in [5, 5.41) is 0.730. The molecule has 1 saturated heterocycles. The molecule has 1 heterocycles. The number of benzene rings is 2. The molecule has 0 N–H and O–H groups in total. The molecule has 144 valence electrons. The number of halogens is 2. The van der Waals surface area contributed by atoms with Gasteiger partial charge in [-0.3, -0.25) is 4.79 Å². The molecule has 0 unspecified atom stereocenters. The lowest BCUT2D eigenvalue weighted by molar-refractivity contribution is -0.0624. The molecule has 27 heavy (non-hydrogen) atoms. The van der Waals surface area contributed by atoms with Crippen molar-refractivity contribution in [3.63, 3.8) is 0 Å². The van der Waals surface area contributed by atoms with Crippen LogP contribution in [0.5, 0.6) is 0 Å². The summed E-state index contributed by atoms with van der Waals surface area (Å²) in [5.74, 6) is -0.249. The predicted octanol–water partition coefficient (Wildman–Crippen LogP) is 5.08. The molecule has 0 amide bonds. The molecule has 3 nitrogen and oxygen atoms in total. The number of likely N-dealkylation sites (tertiary alicyclic amines) is 1. The second-order valence-electron chi connectivity index (χ2n) is 7.08. The Hall–Kier alpha value is -1.75. The molecular weight excluding hydrogens is 365 g/mol. The van der Waals surface area contributed by atoms with Gasteiger partial charge in [0.05, 0.1) is 5.60 Å². The van der Waals surface area contributed by atoms with Crippen molar-refractivity contribution in [1.82, 2.24) is 4.90 Å². The van der Waals surface area contributed by atoms with Gasteiger partial charge < -0.3 is 9.64 Å². The summed E-state index contributed by atoms with van der Waals surface area (Å²) in [5.41, 5.74) is 1.49. The Labute approximate surface area is 165 Å². The molecule has 1 aliphatic rings. The number of carbonyl (C=O) groups is 1. The van der Waals surface area contributed by atoms with E-state index < -0.39 is 0 Å². The van der Waals surface area contributed by atoms with Crippen molar-refractivity contribution in [2.45, 2.75) is 31.3 Å². The zero-order valence-electron chi connectivity index (χ0n) is 15.6. The number of nitrogens with zero attached hydrogens (tertiary/aromatic N) is 1. The van der Waals surface area contributed by atoms with Crippen LogP contribution in [-0.4, -0.2) is 37.4 Å². The first-order valence-corrected chi connectivity index (χ1v) is 9.72. The first-order valence-electron chi connectivity index (χ1n) is 9.35. The lowest BCUT2D eigenvalue weighted by Crippen LogP contribution is -2.44. The molecule has 2 aromatic rings. The number of hydrogen-bond acceptors (Lipinski definition) is 3. The van der Waals surface area contributed by atoms with Gasteiger partial charge in [0, 0.05) is 37.2 Å². The van der Waals surface area contributed by atoms with Crippen molar-refractivity contribution in [2.24, 2.45) is 0 Å². The Kier molecular flexibility index (Phi) is 6.64. The highest BCUT2D eigenvalue weighted by molar-refractivity contribution is 6.30. The zero-order valence-corrected chi connectivity index (χ0v) is 16.3. The van der Waals surface area contributed by atoms with Crippen molar-refractivity contribution in [3.8, 4) is 0 Å². The van der Waals surface area contributed by atoms with E-state index in [1.165, 1.54) is 17.7 Å². The molecule has 0 aliphatic carbocycles. The van der Waals surface area contributed by atoms with Crippen molar-refractivity contribution in [1.29, 1.82) is 0 Å². The molecule has 0 saturated carbocycles. The molecule has 2 aromatic carbocycles. The SMILES string of the molecule is COC1(c2ccc(Cl)cc2)CCN(CCCC(=O)c2ccc(F)cc2)CC1. The number of rotatable bonds is 7. The topological polar surface area (TPSA) is 29.5 Å². The maximum atomic E-state index is 12.9. The molecule has 0 spiro atoms. The fraction of sp³-hybridized carbons (Fsp3) is 0.409. The number of ether oxygens (including phenoxy) is 1. The monoisotopic (exact) mass is 389 g/mol. The smallest absolute Gasteiger partial charge is 0.162 e. The lowest BCUT2D eigenvalue weighted by atomic mass is 9.84. The van der Waals surface area contributed by atoms with Gasteiger partial charge in [0.1, 0.15) is 5.82 Å². The summed E-state index contributed by atoms with van der Waals surface area (Å²) in [6, 6.07) is 13.7. The third-order valence-electron chi connectivity index (χ3n) is 5.47. The zero-order chi connectivity index (χ0) is 19.3. The van der Waals surface area contributed by atoms with E-state index in [0.29, 0.717) is 12.0 Å².